The number of hydrogen-bond acceptors (Lipinski definition) is 1. The molecule has 0 unspecified atom stereocenters. The molecule has 64 valence electrons. The van der Waals surface area contributed by atoms with Crippen LogP contribution in [0.2, 0.25) is 0 Å². The molecule has 0 aliphatic rings. The molecule has 0 aromatic heterocycles. The zero-order chi connectivity index (χ0) is 9.14. The molecule has 1 aromatic carbocycles. The van der Waals surface area contributed by atoms with Crippen LogP contribution in [0.4, 0.5) is 0 Å². The number of aryl methyl sites for hydroxylation is 1. The summed E-state index contributed by atoms with van der Waals surface area (Å²) in [6, 6.07) is 5.66. The molecule has 2 N–H and O–H groups in total. The van der Waals surface area contributed by atoms with E-state index >= 15 is 0 Å². The summed E-state index contributed by atoms with van der Waals surface area (Å²) in [4.78, 5) is 10.9. The molecule has 12 heavy (non-hydrogen) atoms. The molecule has 0 spiro atoms. The minimum atomic E-state index is -0.344. The molecule has 0 bridgehead atoms. The number of carbonyl (C=O) groups excluding carboxylic acids is 1. The summed E-state index contributed by atoms with van der Waals surface area (Å²) in [5.41, 5.74) is 6.86. The van der Waals surface area contributed by atoms with E-state index in [0.717, 1.165) is 15.6 Å². The second-order valence-electron chi connectivity index (χ2n) is 2.52. The van der Waals surface area contributed by atoms with Gasteiger partial charge in [0, 0.05) is 9.13 Å². The highest BCUT2D eigenvalue weighted by Crippen LogP contribution is 2.13. The average molecular weight is 275 g/mol. The molecule has 1 aromatic rings. The average Bonchev–Trinajstić information content (AvgIpc) is 2.03. The Balaban J connectivity index is 3.20. The van der Waals surface area contributed by atoms with Crippen LogP contribution in [0.3, 0.4) is 0 Å². The zero-order valence-corrected chi connectivity index (χ0v) is 8.96. The van der Waals surface area contributed by atoms with Gasteiger partial charge in [0.25, 0.3) is 0 Å². The van der Waals surface area contributed by atoms with Crippen molar-refractivity contribution in [3.63, 3.8) is 0 Å². The number of halogens is 1. The van der Waals surface area contributed by atoms with E-state index in [2.05, 4.69) is 22.6 Å². The zero-order valence-electron chi connectivity index (χ0n) is 6.80. The van der Waals surface area contributed by atoms with Gasteiger partial charge in [0.2, 0.25) is 5.91 Å². The van der Waals surface area contributed by atoms with Crippen LogP contribution in [-0.2, 0) is 6.42 Å². The summed E-state index contributed by atoms with van der Waals surface area (Å²) in [6.07, 6.45) is 0.842. The maximum atomic E-state index is 10.9. The Bertz CT molecular complexity index is 309. The summed E-state index contributed by atoms with van der Waals surface area (Å²) >= 11 is 2.22. The molecular formula is C9H10INO. The lowest BCUT2D eigenvalue weighted by atomic mass is 10.1. The van der Waals surface area contributed by atoms with Gasteiger partial charge in [-0.25, -0.2) is 0 Å². The van der Waals surface area contributed by atoms with Crippen LogP contribution < -0.4 is 5.73 Å². The van der Waals surface area contributed by atoms with Crippen molar-refractivity contribution in [2.24, 2.45) is 5.73 Å². The van der Waals surface area contributed by atoms with Crippen molar-refractivity contribution in [2.75, 3.05) is 0 Å². The topological polar surface area (TPSA) is 43.1 Å². The Morgan fingerprint density at radius 1 is 1.58 bits per heavy atom. The molecule has 1 amide bonds. The first-order chi connectivity index (χ1) is 5.65. The summed E-state index contributed by atoms with van der Waals surface area (Å²) in [5.74, 6) is -0.344. The molecule has 0 radical (unpaired) electrons. The molecule has 0 aliphatic carbocycles. The summed E-state index contributed by atoms with van der Waals surface area (Å²) in [6.45, 7) is 2.01. The fraction of sp³-hybridized carbons (Fsp3) is 0.222. The van der Waals surface area contributed by atoms with Gasteiger partial charge < -0.3 is 5.73 Å². The first-order valence-corrected chi connectivity index (χ1v) is 4.81. The molecule has 3 heteroatoms. The standard InChI is InChI=1S/C9H10INO/c1-2-6-5-7(10)3-4-8(6)9(11)12/h3-5H,2H2,1H3,(H2,11,12). The van der Waals surface area contributed by atoms with Gasteiger partial charge in [-0.05, 0) is 52.8 Å². The number of carbonyl (C=O) groups is 1. The molecular weight excluding hydrogens is 265 g/mol. The SMILES string of the molecule is CCc1cc(I)ccc1C(N)=O. The summed E-state index contributed by atoms with van der Waals surface area (Å²) in [5, 5.41) is 0. The maximum absolute atomic E-state index is 10.9. The molecule has 0 saturated carbocycles. The van der Waals surface area contributed by atoms with E-state index in [1.165, 1.54) is 0 Å². The minimum absolute atomic E-state index is 0.344. The first kappa shape index (κ1) is 9.51. The largest absolute Gasteiger partial charge is 0.366 e. The van der Waals surface area contributed by atoms with Crippen LogP contribution in [0.1, 0.15) is 22.8 Å². The normalized spacial score (nSPS) is 9.83. The second kappa shape index (κ2) is 3.89. The van der Waals surface area contributed by atoms with Gasteiger partial charge in [0.1, 0.15) is 0 Å². The fourth-order valence-corrected chi connectivity index (χ4v) is 1.65. The molecule has 0 fully saturated rings. The highest BCUT2D eigenvalue weighted by atomic mass is 127. The second-order valence-corrected chi connectivity index (χ2v) is 3.76. The molecule has 0 saturated heterocycles. The number of hydrogen-bond donors (Lipinski definition) is 1. The number of primary amides is 1. The van der Waals surface area contributed by atoms with Gasteiger partial charge in [-0.2, -0.15) is 0 Å². The fourth-order valence-electron chi connectivity index (χ4n) is 1.10. The lowest BCUT2D eigenvalue weighted by Crippen LogP contribution is -2.13. The lowest BCUT2D eigenvalue weighted by Gasteiger charge is -2.03. The Labute approximate surface area is 85.3 Å². The van der Waals surface area contributed by atoms with Gasteiger partial charge >= 0.3 is 0 Å². The van der Waals surface area contributed by atoms with E-state index in [0.29, 0.717) is 5.56 Å². The van der Waals surface area contributed by atoms with E-state index in [9.17, 15) is 4.79 Å². The predicted molar refractivity (Wildman–Crippen MR) is 57.1 cm³/mol. The van der Waals surface area contributed by atoms with Crippen molar-refractivity contribution in [1.82, 2.24) is 0 Å². The van der Waals surface area contributed by atoms with Crippen molar-refractivity contribution in [1.29, 1.82) is 0 Å². The Morgan fingerprint density at radius 2 is 2.25 bits per heavy atom. The molecule has 0 aliphatic heterocycles. The van der Waals surface area contributed by atoms with Crippen molar-refractivity contribution < 1.29 is 4.79 Å². The van der Waals surface area contributed by atoms with E-state index in [1.807, 2.05) is 19.1 Å². The number of rotatable bonds is 2. The Morgan fingerprint density at radius 3 is 2.75 bits per heavy atom. The van der Waals surface area contributed by atoms with Gasteiger partial charge in [-0.15, -0.1) is 0 Å². The molecule has 0 heterocycles. The molecule has 2 nitrogen and oxygen atoms in total. The van der Waals surface area contributed by atoms with E-state index in [-0.39, 0.29) is 5.91 Å². The number of amides is 1. The van der Waals surface area contributed by atoms with Crippen molar-refractivity contribution in [2.45, 2.75) is 13.3 Å². The van der Waals surface area contributed by atoms with Crippen molar-refractivity contribution >= 4 is 28.5 Å². The van der Waals surface area contributed by atoms with Gasteiger partial charge in [-0.1, -0.05) is 6.92 Å². The van der Waals surface area contributed by atoms with Gasteiger partial charge in [-0.3, -0.25) is 4.79 Å². The van der Waals surface area contributed by atoms with Crippen LogP contribution >= 0.6 is 22.6 Å². The quantitative estimate of drug-likeness (QED) is 0.824. The van der Waals surface area contributed by atoms with E-state index < -0.39 is 0 Å². The monoisotopic (exact) mass is 275 g/mol. The Hall–Kier alpha value is -0.580. The van der Waals surface area contributed by atoms with Crippen LogP contribution in [0.15, 0.2) is 18.2 Å². The first-order valence-electron chi connectivity index (χ1n) is 3.73. The van der Waals surface area contributed by atoms with Crippen LogP contribution in [0.5, 0.6) is 0 Å². The summed E-state index contributed by atoms with van der Waals surface area (Å²) in [7, 11) is 0. The van der Waals surface area contributed by atoms with Crippen LogP contribution in [0, 0.1) is 3.57 Å². The minimum Gasteiger partial charge on any atom is -0.366 e. The van der Waals surface area contributed by atoms with Crippen LogP contribution in [0.25, 0.3) is 0 Å². The third-order valence-corrected chi connectivity index (χ3v) is 2.38. The highest BCUT2D eigenvalue weighted by molar-refractivity contribution is 14.1. The van der Waals surface area contributed by atoms with Crippen LogP contribution in [-0.4, -0.2) is 5.91 Å². The molecule has 0 atom stereocenters. The van der Waals surface area contributed by atoms with Gasteiger partial charge in [0.05, 0.1) is 0 Å². The Kier molecular flexibility index (Phi) is 3.08. The number of nitrogens with two attached hydrogens (primary N) is 1. The van der Waals surface area contributed by atoms with Crippen molar-refractivity contribution in [3.05, 3.63) is 32.9 Å². The maximum Gasteiger partial charge on any atom is 0.248 e. The van der Waals surface area contributed by atoms with E-state index in [1.54, 1.807) is 6.07 Å². The van der Waals surface area contributed by atoms with E-state index in [4.69, 9.17) is 5.73 Å². The smallest absolute Gasteiger partial charge is 0.248 e. The lowest BCUT2D eigenvalue weighted by molar-refractivity contribution is 0.0999. The number of benzene rings is 1. The predicted octanol–water partition coefficient (Wildman–Crippen LogP) is 1.95. The molecule has 1 rings (SSSR count). The summed E-state index contributed by atoms with van der Waals surface area (Å²) < 4.78 is 1.13. The highest BCUT2D eigenvalue weighted by Gasteiger charge is 2.05. The third kappa shape index (κ3) is 1.97. The van der Waals surface area contributed by atoms with Crippen molar-refractivity contribution in [3.8, 4) is 0 Å². The third-order valence-electron chi connectivity index (χ3n) is 1.71. The van der Waals surface area contributed by atoms with Gasteiger partial charge in [0.15, 0.2) is 0 Å².